The third-order valence-corrected chi connectivity index (χ3v) is 4.79. The number of anilines is 1. The largest absolute Gasteiger partial charge is 0.381 e. The minimum atomic E-state index is 0.0593. The van der Waals surface area contributed by atoms with Crippen molar-refractivity contribution >= 4 is 21.6 Å². The molecule has 0 aliphatic rings. The van der Waals surface area contributed by atoms with Crippen LogP contribution in [0.1, 0.15) is 43.2 Å². The SMILES string of the molecule is Cc1cc(NCc2cn(C)nc2C(C)(C)C)cc(C)c1Br. The summed E-state index contributed by atoms with van der Waals surface area (Å²) in [7, 11) is 1.98. The predicted molar refractivity (Wildman–Crippen MR) is 92.9 cm³/mol. The van der Waals surface area contributed by atoms with Crippen molar-refractivity contribution in [1.82, 2.24) is 9.78 Å². The van der Waals surface area contributed by atoms with E-state index in [1.807, 2.05) is 11.7 Å². The first-order valence-corrected chi connectivity index (χ1v) is 8.01. The Morgan fingerprint density at radius 3 is 2.29 bits per heavy atom. The highest BCUT2D eigenvalue weighted by Crippen LogP contribution is 2.27. The number of benzene rings is 1. The summed E-state index contributed by atoms with van der Waals surface area (Å²) in [6, 6.07) is 4.34. The molecule has 0 bridgehead atoms. The minimum absolute atomic E-state index is 0.0593. The fourth-order valence-corrected chi connectivity index (χ4v) is 2.77. The van der Waals surface area contributed by atoms with Crippen LogP contribution < -0.4 is 5.32 Å². The van der Waals surface area contributed by atoms with E-state index in [2.05, 4.69) is 79.3 Å². The lowest BCUT2D eigenvalue weighted by molar-refractivity contribution is 0.549. The molecule has 0 aliphatic carbocycles. The van der Waals surface area contributed by atoms with Gasteiger partial charge in [-0.1, -0.05) is 36.7 Å². The quantitative estimate of drug-likeness (QED) is 0.869. The minimum Gasteiger partial charge on any atom is -0.381 e. The van der Waals surface area contributed by atoms with E-state index in [1.165, 1.54) is 21.2 Å². The van der Waals surface area contributed by atoms with E-state index in [4.69, 9.17) is 0 Å². The normalized spacial score (nSPS) is 11.8. The number of nitrogens with one attached hydrogen (secondary N) is 1. The lowest BCUT2D eigenvalue weighted by Gasteiger charge is -2.18. The molecule has 0 amide bonds. The standard InChI is InChI=1S/C17H24BrN3/c1-11-7-14(8-12(2)15(11)18)19-9-13-10-21(6)20-16(13)17(3,4)5/h7-8,10,19H,9H2,1-6H3. The van der Waals surface area contributed by atoms with Gasteiger partial charge < -0.3 is 5.32 Å². The molecule has 0 saturated carbocycles. The molecular formula is C17H24BrN3. The molecule has 0 saturated heterocycles. The molecule has 1 N–H and O–H groups in total. The molecule has 21 heavy (non-hydrogen) atoms. The monoisotopic (exact) mass is 349 g/mol. The maximum Gasteiger partial charge on any atom is 0.0727 e. The number of aryl methyl sites for hydroxylation is 3. The van der Waals surface area contributed by atoms with Gasteiger partial charge in [-0.15, -0.1) is 0 Å². The maximum atomic E-state index is 4.61. The Balaban J connectivity index is 2.21. The van der Waals surface area contributed by atoms with Gasteiger partial charge in [0.05, 0.1) is 5.69 Å². The zero-order valence-corrected chi connectivity index (χ0v) is 15.3. The molecule has 3 nitrogen and oxygen atoms in total. The molecule has 0 fully saturated rings. The summed E-state index contributed by atoms with van der Waals surface area (Å²) in [5.74, 6) is 0. The van der Waals surface area contributed by atoms with Crippen molar-refractivity contribution in [3.05, 3.63) is 45.2 Å². The van der Waals surface area contributed by atoms with Crippen LogP contribution in [0.2, 0.25) is 0 Å². The van der Waals surface area contributed by atoms with Crippen molar-refractivity contribution in [3.8, 4) is 0 Å². The molecular weight excluding hydrogens is 326 g/mol. The second-order valence-corrected chi connectivity index (χ2v) is 7.50. The number of halogens is 1. The lowest BCUT2D eigenvalue weighted by Crippen LogP contribution is -2.16. The van der Waals surface area contributed by atoms with Gasteiger partial charge in [0.2, 0.25) is 0 Å². The zero-order chi connectivity index (χ0) is 15.8. The smallest absolute Gasteiger partial charge is 0.0727 e. The first kappa shape index (κ1) is 16.1. The van der Waals surface area contributed by atoms with Gasteiger partial charge in [-0.25, -0.2) is 0 Å². The summed E-state index contributed by atoms with van der Waals surface area (Å²) in [5, 5.41) is 8.13. The maximum absolute atomic E-state index is 4.61. The van der Waals surface area contributed by atoms with Crippen LogP contribution in [0.3, 0.4) is 0 Å². The number of hydrogen-bond donors (Lipinski definition) is 1. The molecule has 0 aliphatic heterocycles. The summed E-state index contributed by atoms with van der Waals surface area (Å²) in [6.07, 6.45) is 2.10. The summed E-state index contributed by atoms with van der Waals surface area (Å²) in [4.78, 5) is 0. The van der Waals surface area contributed by atoms with Crippen LogP contribution in [-0.2, 0) is 19.0 Å². The lowest BCUT2D eigenvalue weighted by atomic mass is 9.89. The molecule has 0 spiro atoms. The Morgan fingerprint density at radius 1 is 1.19 bits per heavy atom. The number of hydrogen-bond acceptors (Lipinski definition) is 2. The first-order valence-electron chi connectivity index (χ1n) is 7.22. The topological polar surface area (TPSA) is 29.9 Å². The van der Waals surface area contributed by atoms with E-state index in [9.17, 15) is 0 Å². The predicted octanol–water partition coefficient (Wildman–Crippen LogP) is 4.71. The molecule has 1 heterocycles. The van der Waals surface area contributed by atoms with Gasteiger partial charge in [-0.05, 0) is 37.1 Å². The van der Waals surface area contributed by atoms with Gasteiger partial charge in [0.15, 0.2) is 0 Å². The van der Waals surface area contributed by atoms with E-state index in [-0.39, 0.29) is 5.41 Å². The Morgan fingerprint density at radius 2 is 1.76 bits per heavy atom. The number of aromatic nitrogens is 2. The Bertz CT molecular complexity index is 628. The number of nitrogens with zero attached hydrogens (tertiary/aromatic N) is 2. The van der Waals surface area contributed by atoms with Crippen molar-refractivity contribution in [2.45, 2.75) is 46.6 Å². The van der Waals surface area contributed by atoms with Crippen molar-refractivity contribution in [3.63, 3.8) is 0 Å². The van der Waals surface area contributed by atoms with Crippen molar-refractivity contribution in [2.24, 2.45) is 7.05 Å². The van der Waals surface area contributed by atoms with Gasteiger partial charge in [0, 0.05) is 40.9 Å². The van der Waals surface area contributed by atoms with E-state index >= 15 is 0 Å². The van der Waals surface area contributed by atoms with Crippen molar-refractivity contribution in [1.29, 1.82) is 0 Å². The number of rotatable bonds is 3. The van der Waals surface area contributed by atoms with Gasteiger partial charge in [-0.2, -0.15) is 5.10 Å². The van der Waals surface area contributed by atoms with E-state index in [1.54, 1.807) is 0 Å². The average molecular weight is 350 g/mol. The van der Waals surface area contributed by atoms with E-state index in [0.717, 1.165) is 17.9 Å². The van der Waals surface area contributed by atoms with Crippen LogP contribution in [0.4, 0.5) is 5.69 Å². The van der Waals surface area contributed by atoms with Gasteiger partial charge in [-0.3, -0.25) is 4.68 Å². The highest BCUT2D eigenvalue weighted by atomic mass is 79.9. The molecule has 4 heteroatoms. The summed E-state index contributed by atoms with van der Waals surface area (Å²) in [5.41, 5.74) is 6.12. The van der Waals surface area contributed by atoms with Crippen LogP contribution in [0.5, 0.6) is 0 Å². The molecule has 0 radical (unpaired) electrons. The van der Waals surface area contributed by atoms with Crippen molar-refractivity contribution in [2.75, 3.05) is 5.32 Å². The Labute approximate surface area is 135 Å². The van der Waals surface area contributed by atoms with Gasteiger partial charge in [0.1, 0.15) is 0 Å². The van der Waals surface area contributed by atoms with E-state index in [0.29, 0.717) is 0 Å². The fourth-order valence-electron chi connectivity index (χ4n) is 2.54. The first-order chi connectivity index (χ1) is 9.68. The fraction of sp³-hybridized carbons (Fsp3) is 0.471. The molecule has 1 aromatic heterocycles. The van der Waals surface area contributed by atoms with Crippen LogP contribution in [0.25, 0.3) is 0 Å². The molecule has 114 valence electrons. The highest BCUT2D eigenvalue weighted by Gasteiger charge is 2.21. The summed E-state index contributed by atoms with van der Waals surface area (Å²) >= 11 is 3.61. The molecule has 1 aromatic carbocycles. The Hall–Kier alpha value is -1.29. The third-order valence-electron chi connectivity index (χ3n) is 3.53. The second-order valence-electron chi connectivity index (χ2n) is 6.70. The van der Waals surface area contributed by atoms with E-state index < -0.39 is 0 Å². The second kappa shape index (κ2) is 5.84. The highest BCUT2D eigenvalue weighted by molar-refractivity contribution is 9.10. The Kier molecular flexibility index (Phi) is 4.47. The summed E-state index contributed by atoms with van der Waals surface area (Å²) < 4.78 is 3.08. The van der Waals surface area contributed by atoms with Gasteiger partial charge in [0.25, 0.3) is 0 Å². The molecule has 0 atom stereocenters. The molecule has 0 unspecified atom stereocenters. The molecule has 2 aromatic rings. The van der Waals surface area contributed by atoms with Crippen LogP contribution >= 0.6 is 15.9 Å². The van der Waals surface area contributed by atoms with Crippen molar-refractivity contribution < 1.29 is 0 Å². The van der Waals surface area contributed by atoms with Crippen LogP contribution in [0, 0.1) is 13.8 Å². The third kappa shape index (κ3) is 3.67. The van der Waals surface area contributed by atoms with Gasteiger partial charge >= 0.3 is 0 Å². The summed E-state index contributed by atoms with van der Waals surface area (Å²) in [6.45, 7) is 11.6. The van der Waals surface area contributed by atoms with Crippen LogP contribution in [0.15, 0.2) is 22.8 Å². The average Bonchev–Trinajstić information content (AvgIpc) is 2.74. The van der Waals surface area contributed by atoms with Crippen LogP contribution in [-0.4, -0.2) is 9.78 Å². The zero-order valence-electron chi connectivity index (χ0n) is 13.7. The molecule has 2 rings (SSSR count).